The lowest BCUT2D eigenvalue weighted by Crippen LogP contribution is -2.16. The van der Waals surface area contributed by atoms with Gasteiger partial charge in [0.1, 0.15) is 5.03 Å². The van der Waals surface area contributed by atoms with E-state index in [1.807, 2.05) is 6.92 Å². The van der Waals surface area contributed by atoms with Gasteiger partial charge in [-0.05, 0) is 62.3 Å². The third kappa shape index (κ3) is 4.91. The van der Waals surface area contributed by atoms with E-state index in [0.717, 1.165) is 15.5 Å². The van der Waals surface area contributed by atoms with E-state index in [4.69, 9.17) is 4.74 Å². The molecule has 0 radical (unpaired) electrons. The summed E-state index contributed by atoms with van der Waals surface area (Å²) in [7, 11) is 0. The summed E-state index contributed by atoms with van der Waals surface area (Å²) in [5, 5.41) is 11.1. The van der Waals surface area contributed by atoms with Crippen LogP contribution in [0.25, 0.3) is 0 Å². The number of aryl methyl sites for hydroxylation is 2. The Labute approximate surface area is 160 Å². The van der Waals surface area contributed by atoms with E-state index >= 15 is 0 Å². The Bertz CT molecular complexity index is 738. The maximum atomic E-state index is 10.4. The molecule has 1 aromatic carbocycles. The Morgan fingerprint density at radius 1 is 1.08 bits per heavy atom. The quantitative estimate of drug-likeness (QED) is 0.681. The molecule has 140 valence electrons. The van der Waals surface area contributed by atoms with E-state index in [-0.39, 0.29) is 11.9 Å². The predicted molar refractivity (Wildman–Crippen MR) is 105 cm³/mol. The second-order valence-corrected chi connectivity index (χ2v) is 8.27. The fourth-order valence-electron chi connectivity index (χ4n) is 3.54. The van der Waals surface area contributed by atoms with Gasteiger partial charge < -0.3 is 9.84 Å². The minimum absolute atomic E-state index is 0.0352. The first kappa shape index (κ1) is 19.0. The molecule has 5 heteroatoms. The first-order valence-corrected chi connectivity index (χ1v) is 10.4. The number of aromatic hydroxyl groups is 1. The number of hydrogen-bond acceptors (Lipinski definition) is 5. The summed E-state index contributed by atoms with van der Waals surface area (Å²) in [6.07, 6.45) is 7.00. The van der Waals surface area contributed by atoms with Gasteiger partial charge in [-0.3, -0.25) is 0 Å². The summed E-state index contributed by atoms with van der Waals surface area (Å²) >= 11 is 1.57. The summed E-state index contributed by atoms with van der Waals surface area (Å²) in [6.45, 7) is 6.83. The summed E-state index contributed by atoms with van der Waals surface area (Å²) in [4.78, 5) is 9.91. The first-order chi connectivity index (χ1) is 12.5. The van der Waals surface area contributed by atoms with Crippen LogP contribution in [0.15, 0.2) is 28.1 Å². The van der Waals surface area contributed by atoms with E-state index in [1.165, 1.54) is 43.2 Å². The Morgan fingerprint density at radius 2 is 1.77 bits per heavy atom. The highest BCUT2D eigenvalue weighted by molar-refractivity contribution is 7.99. The second-order valence-electron chi connectivity index (χ2n) is 7.21. The highest BCUT2D eigenvalue weighted by Crippen LogP contribution is 2.35. The van der Waals surface area contributed by atoms with Crippen molar-refractivity contribution in [3.63, 3.8) is 0 Å². The number of ether oxygens (including phenoxy) is 1. The number of aromatic nitrogens is 2. The molecule has 1 aromatic heterocycles. The fraction of sp³-hybridized carbons (Fsp3) is 0.524. The monoisotopic (exact) mass is 372 g/mol. The zero-order valence-electron chi connectivity index (χ0n) is 15.9. The minimum Gasteiger partial charge on any atom is -0.493 e. The molecule has 3 rings (SSSR count). The summed E-state index contributed by atoms with van der Waals surface area (Å²) < 4.78 is 5.86. The largest absolute Gasteiger partial charge is 0.493 e. The first-order valence-electron chi connectivity index (χ1n) is 9.54. The Kier molecular flexibility index (Phi) is 6.41. The minimum atomic E-state index is 0.0352. The van der Waals surface area contributed by atoms with E-state index in [0.29, 0.717) is 18.9 Å². The van der Waals surface area contributed by atoms with Crippen LogP contribution in [0.1, 0.15) is 55.7 Å². The third-order valence-corrected chi connectivity index (χ3v) is 5.87. The van der Waals surface area contributed by atoms with E-state index in [1.54, 1.807) is 11.8 Å². The summed E-state index contributed by atoms with van der Waals surface area (Å²) in [5.74, 6) is 0.615. The number of benzene rings is 1. The van der Waals surface area contributed by atoms with Crippen LogP contribution in [0.4, 0.5) is 0 Å². The smallest absolute Gasteiger partial charge is 0.320 e. The Hall–Kier alpha value is -1.75. The zero-order chi connectivity index (χ0) is 18.5. The lowest BCUT2D eigenvalue weighted by molar-refractivity contribution is 0.193. The van der Waals surface area contributed by atoms with Crippen molar-refractivity contribution in [1.82, 2.24) is 9.97 Å². The van der Waals surface area contributed by atoms with Gasteiger partial charge >= 0.3 is 6.01 Å². The van der Waals surface area contributed by atoms with Crippen molar-refractivity contribution in [3.8, 4) is 11.9 Å². The van der Waals surface area contributed by atoms with Gasteiger partial charge in [-0.1, -0.05) is 44.0 Å². The summed E-state index contributed by atoms with van der Waals surface area (Å²) in [5.41, 5.74) is 3.22. The van der Waals surface area contributed by atoms with Crippen LogP contribution in [0.2, 0.25) is 0 Å². The van der Waals surface area contributed by atoms with Crippen LogP contribution >= 0.6 is 11.8 Å². The molecule has 0 atom stereocenters. The summed E-state index contributed by atoms with van der Waals surface area (Å²) in [6, 6.07) is 6.72. The molecule has 0 spiro atoms. The molecule has 1 N–H and O–H groups in total. The van der Waals surface area contributed by atoms with E-state index in [9.17, 15) is 5.11 Å². The lowest BCUT2D eigenvalue weighted by atomic mass is 9.90. The lowest BCUT2D eigenvalue weighted by Gasteiger charge is -2.21. The van der Waals surface area contributed by atoms with Crippen molar-refractivity contribution in [1.29, 1.82) is 0 Å². The van der Waals surface area contributed by atoms with Crippen molar-refractivity contribution >= 4 is 11.8 Å². The molecule has 26 heavy (non-hydrogen) atoms. The molecule has 0 amide bonds. The average Bonchev–Trinajstić information content (AvgIpc) is 2.60. The van der Waals surface area contributed by atoms with E-state index in [2.05, 4.69) is 42.0 Å². The van der Waals surface area contributed by atoms with Crippen molar-refractivity contribution < 1.29 is 9.84 Å². The zero-order valence-corrected chi connectivity index (χ0v) is 16.7. The number of rotatable bonds is 6. The molecule has 1 aliphatic rings. The van der Waals surface area contributed by atoms with Crippen LogP contribution in [-0.4, -0.2) is 21.7 Å². The van der Waals surface area contributed by atoms with Gasteiger partial charge in [0.25, 0.3) is 0 Å². The van der Waals surface area contributed by atoms with Crippen LogP contribution in [0.3, 0.4) is 0 Å². The number of hydrogen-bond donors (Lipinski definition) is 1. The van der Waals surface area contributed by atoms with Gasteiger partial charge in [-0.25, -0.2) is 0 Å². The molecule has 0 aliphatic heterocycles. The molecular weight excluding hydrogens is 344 g/mol. The van der Waals surface area contributed by atoms with Crippen LogP contribution < -0.4 is 4.74 Å². The van der Waals surface area contributed by atoms with Gasteiger partial charge in [0.05, 0.1) is 6.61 Å². The van der Waals surface area contributed by atoms with Gasteiger partial charge in [0.2, 0.25) is 5.88 Å². The Morgan fingerprint density at radius 3 is 2.42 bits per heavy atom. The molecule has 4 nitrogen and oxygen atoms in total. The standard InChI is InChI=1S/C21H28N2O2S/c1-4-18-19(24)22-21(25-13-16-8-6-5-7-9-16)23-20(18)26-17-11-14(2)10-15(3)12-17/h10-12,16H,4-9,13H2,1-3H3,(H,22,23,24). The topological polar surface area (TPSA) is 55.2 Å². The molecule has 1 fully saturated rings. The van der Waals surface area contributed by atoms with Crippen LogP contribution in [0, 0.1) is 19.8 Å². The highest BCUT2D eigenvalue weighted by Gasteiger charge is 2.18. The molecule has 1 heterocycles. The fourth-order valence-corrected chi connectivity index (χ4v) is 4.74. The molecule has 0 bridgehead atoms. The van der Waals surface area contributed by atoms with Gasteiger partial charge in [0, 0.05) is 10.5 Å². The third-order valence-electron chi connectivity index (χ3n) is 4.86. The molecule has 0 saturated heterocycles. The van der Waals surface area contributed by atoms with Crippen molar-refractivity contribution in [2.45, 2.75) is 69.2 Å². The maximum absolute atomic E-state index is 10.4. The van der Waals surface area contributed by atoms with Crippen molar-refractivity contribution in [2.75, 3.05) is 6.61 Å². The van der Waals surface area contributed by atoms with Crippen molar-refractivity contribution in [3.05, 3.63) is 34.9 Å². The molecule has 1 saturated carbocycles. The van der Waals surface area contributed by atoms with E-state index < -0.39 is 0 Å². The van der Waals surface area contributed by atoms with Crippen LogP contribution in [0.5, 0.6) is 11.9 Å². The maximum Gasteiger partial charge on any atom is 0.320 e. The van der Waals surface area contributed by atoms with Gasteiger partial charge in [-0.2, -0.15) is 9.97 Å². The molecule has 2 aromatic rings. The normalized spacial score (nSPS) is 15.2. The van der Waals surface area contributed by atoms with Gasteiger partial charge in [-0.15, -0.1) is 0 Å². The Balaban J connectivity index is 1.79. The number of nitrogens with zero attached hydrogens (tertiary/aromatic N) is 2. The second kappa shape index (κ2) is 8.76. The van der Waals surface area contributed by atoms with Gasteiger partial charge in [0.15, 0.2) is 0 Å². The SMILES string of the molecule is CCc1c(O)nc(OCC2CCCCC2)nc1Sc1cc(C)cc(C)c1. The van der Waals surface area contributed by atoms with Crippen molar-refractivity contribution in [2.24, 2.45) is 5.92 Å². The molecular formula is C21H28N2O2S. The predicted octanol–water partition coefficient (Wildman–Crippen LogP) is 5.47. The highest BCUT2D eigenvalue weighted by atomic mass is 32.2. The average molecular weight is 373 g/mol. The molecule has 0 unspecified atom stereocenters. The van der Waals surface area contributed by atoms with Crippen LogP contribution in [-0.2, 0) is 6.42 Å². The molecule has 1 aliphatic carbocycles.